The zero-order valence-electron chi connectivity index (χ0n) is 13.0. The topological polar surface area (TPSA) is 45.7 Å². The van der Waals surface area contributed by atoms with E-state index in [0.717, 1.165) is 10.7 Å². The minimum Gasteiger partial charge on any atom is -0.367 e. The highest BCUT2D eigenvalue weighted by Gasteiger charge is 2.22. The van der Waals surface area contributed by atoms with Gasteiger partial charge in [0.15, 0.2) is 0 Å². The summed E-state index contributed by atoms with van der Waals surface area (Å²) >= 11 is 7.60. The highest BCUT2D eigenvalue weighted by Crippen LogP contribution is 2.27. The second kappa shape index (κ2) is 7.92. The Bertz CT molecular complexity index is 691. The molecule has 1 aliphatic rings. The highest BCUT2D eigenvalue weighted by atomic mass is 35.5. The standard InChI is InChI=1S/C16H17ClFN3O2S/c17-13-9-12(18)1-2-14(13)20-4-6-21(7-5-20)16(22)11-23-10-15-19-3-8-24-15/h1-3,8-9H,4-7,10-11H2. The number of halogens is 2. The quantitative estimate of drug-likeness (QED) is 0.813. The van der Waals surface area contributed by atoms with E-state index >= 15 is 0 Å². The summed E-state index contributed by atoms with van der Waals surface area (Å²) in [6.07, 6.45) is 1.71. The molecule has 1 amide bonds. The van der Waals surface area contributed by atoms with E-state index in [2.05, 4.69) is 9.88 Å². The van der Waals surface area contributed by atoms with Crippen molar-refractivity contribution in [3.8, 4) is 0 Å². The van der Waals surface area contributed by atoms with Crippen molar-refractivity contribution in [2.24, 2.45) is 0 Å². The van der Waals surface area contributed by atoms with Crippen LogP contribution in [0.25, 0.3) is 0 Å². The van der Waals surface area contributed by atoms with Crippen LogP contribution in [0.1, 0.15) is 5.01 Å². The number of amides is 1. The van der Waals surface area contributed by atoms with Gasteiger partial charge in [-0.25, -0.2) is 9.37 Å². The first kappa shape index (κ1) is 17.1. The Morgan fingerprint density at radius 1 is 1.33 bits per heavy atom. The van der Waals surface area contributed by atoms with Gasteiger partial charge >= 0.3 is 0 Å². The largest absolute Gasteiger partial charge is 0.367 e. The molecular formula is C16H17ClFN3O2S. The fourth-order valence-corrected chi connectivity index (χ4v) is 3.41. The predicted molar refractivity (Wildman–Crippen MR) is 92.0 cm³/mol. The number of hydrogen-bond acceptors (Lipinski definition) is 5. The molecule has 1 saturated heterocycles. The minimum absolute atomic E-state index is 0.0311. The van der Waals surface area contributed by atoms with E-state index in [1.54, 1.807) is 17.2 Å². The number of nitrogens with zero attached hydrogens (tertiary/aromatic N) is 3. The lowest BCUT2D eigenvalue weighted by molar-refractivity contribution is -0.136. The van der Waals surface area contributed by atoms with Crippen LogP contribution in [-0.4, -0.2) is 48.6 Å². The molecule has 1 fully saturated rings. The van der Waals surface area contributed by atoms with Crippen LogP contribution < -0.4 is 4.90 Å². The molecule has 0 aliphatic carbocycles. The maximum Gasteiger partial charge on any atom is 0.248 e. The van der Waals surface area contributed by atoms with E-state index in [-0.39, 0.29) is 18.3 Å². The number of rotatable bonds is 5. The molecule has 1 aliphatic heterocycles. The smallest absolute Gasteiger partial charge is 0.248 e. The monoisotopic (exact) mass is 369 g/mol. The van der Waals surface area contributed by atoms with E-state index in [9.17, 15) is 9.18 Å². The molecule has 0 spiro atoms. The van der Waals surface area contributed by atoms with Gasteiger partial charge in [-0.3, -0.25) is 4.79 Å². The second-order valence-corrected chi connectivity index (χ2v) is 6.77. The van der Waals surface area contributed by atoms with Crippen LogP contribution >= 0.6 is 22.9 Å². The first-order valence-electron chi connectivity index (χ1n) is 7.57. The van der Waals surface area contributed by atoms with Gasteiger partial charge in [-0.1, -0.05) is 11.6 Å². The molecule has 1 aromatic carbocycles. The predicted octanol–water partition coefficient (Wildman–Crippen LogP) is 2.80. The summed E-state index contributed by atoms with van der Waals surface area (Å²) in [7, 11) is 0. The van der Waals surface area contributed by atoms with Crippen molar-refractivity contribution in [1.82, 2.24) is 9.88 Å². The number of hydrogen-bond donors (Lipinski definition) is 0. The molecule has 0 saturated carbocycles. The molecule has 0 radical (unpaired) electrons. The molecule has 5 nitrogen and oxygen atoms in total. The molecule has 1 aromatic heterocycles. The lowest BCUT2D eigenvalue weighted by atomic mass is 10.2. The van der Waals surface area contributed by atoms with Crippen molar-refractivity contribution < 1.29 is 13.9 Å². The maximum atomic E-state index is 13.1. The van der Waals surface area contributed by atoms with Gasteiger partial charge < -0.3 is 14.5 Å². The Balaban J connectivity index is 1.46. The summed E-state index contributed by atoms with van der Waals surface area (Å²) < 4.78 is 18.5. The Labute approximate surface area is 148 Å². The minimum atomic E-state index is -0.352. The molecule has 0 unspecified atom stereocenters. The molecule has 2 heterocycles. The van der Waals surface area contributed by atoms with Crippen LogP contribution in [0.3, 0.4) is 0 Å². The lowest BCUT2D eigenvalue weighted by Crippen LogP contribution is -2.49. The molecule has 128 valence electrons. The van der Waals surface area contributed by atoms with Gasteiger partial charge in [0.05, 0.1) is 17.3 Å². The Morgan fingerprint density at radius 3 is 2.79 bits per heavy atom. The third-order valence-corrected chi connectivity index (χ3v) is 4.87. The third-order valence-electron chi connectivity index (χ3n) is 3.82. The normalized spacial score (nSPS) is 14.9. The van der Waals surface area contributed by atoms with Crippen molar-refractivity contribution in [2.45, 2.75) is 6.61 Å². The van der Waals surface area contributed by atoms with Crippen molar-refractivity contribution >= 4 is 34.5 Å². The number of aromatic nitrogens is 1. The first-order valence-corrected chi connectivity index (χ1v) is 8.83. The molecule has 0 atom stereocenters. The van der Waals surface area contributed by atoms with Gasteiger partial charge in [-0.15, -0.1) is 11.3 Å². The fourth-order valence-electron chi connectivity index (χ4n) is 2.58. The number of thiazole rings is 1. The summed E-state index contributed by atoms with van der Waals surface area (Å²) in [6, 6.07) is 4.37. The number of carbonyl (C=O) groups is 1. The molecule has 3 rings (SSSR count). The van der Waals surface area contributed by atoms with Gasteiger partial charge in [0, 0.05) is 37.8 Å². The number of anilines is 1. The summed E-state index contributed by atoms with van der Waals surface area (Å²) in [5.74, 6) is -0.383. The molecule has 0 bridgehead atoms. The molecule has 8 heteroatoms. The molecular weight excluding hydrogens is 353 g/mol. The van der Waals surface area contributed by atoms with Crippen LogP contribution in [-0.2, 0) is 16.1 Å². The van der Waals surface area contributed by atoms with Crippen LogP contribution in [0.15, 0.2) is 29.8 Å². The maximum absolute atomic E-state index is 13.1. The van der Waals surface area contributed by atoms with Crippen LogP contribution in [0, 0.1) is 5.82 Å². The zero-order chi connectivity index (χ0) is 16.9. The highest BCUT2D eigenvalue weighted by molar-refractivity contribution is 7.09. The van der Waals surface area contributed by atoms with Gasteiger partial charge in [-0.05, 0) is 18.2 Å². The Kier molecular flexibility index (Phi) is 5.65. The van der Waals surface area contributed by atoms with Gasteiger partial charge in [-0.2, -0.15) is 0 Å². The molecule has 2 aromatic rings. The van der Waals surface area contributed by atoms with Crippen LogP contribution in [0.4, 0.5) is 10.1 Å². The number of ether oxygens (including phenoxy) is 1. The third kappa shape index (κ3) is 4.23. The van der Waals surface area contributed by atoms with Crippen molar-refractivity contribution in [1.29, 1.82) is 0 Å². The summed E-state index contributed by atoms with van der Waals surface area (Å²) in [5, 5.41) is 3.13. The van der Waals surface area contributed by atoms with E-state index in [1.807, 2.05) is 5.38 Å². The van der Waals surface area contributed by atoms with Crippen molar-refractivity contribution in [3.63, 3.8) is 0 Å². The van der Waals surface area contributed by atoms with Crippen molar-refractivity contribution in [2.75, 3.05) is 37.7 Å². The fraction of sp³-hybridized carbons (Fsp3) is 0.375. The Morgan fingerprint density at radius 2 is 2.12 bits per heavy atom. The summed E-state index contributed by atoms with van der Waals surface area (Å²) in [6.45, 7) is 2.90. The van der Waals surface area contributed by atoms with E-state index in [1.165, 1.54) is 23.5 Å². The molecule has 0 N–H and O–H groups in total. The number of piperazine rings is 1. The van der Waals surface area contributed by atoms with Gasteiger partial charge in [0.2, 0.25) is 5.91 Å². The SMILES string of the molecule is O=C(COCc1nccs1)N1CCN(c2ccc(F)cc2Cl)CC1. The lowest BCUT2D eigenvalue weighted by Gasteiger charge is -2.36. The van der Waals surface area contributed by atoms with Crippen molar-refractivity contribution in [3.05, 3.63) is 45.6 Å². The molecule has 24 heavy (non-hydrogen) atoms. The van der Waals surface area contributed by atoms with E-state index < -0.39 is 0 Å². The van der Waals surface area contributed by atoms with E-state index in [4.69, 9.17) is 16.3 Å². The van der Waals surface area contributed by atoms with Crippen LogP contribution in [0.2, 0.25) is 5.02 Å². The second-order valence-electron chi connectivity index (χ2n) is 5.38. The average Bonchev–Trinajstić information content (AvgIpc) is 3.08. The van der Waals surface area contributed by atoms with Gasteiger partial charge in [0.1, 0.15) is 17.4 Å². The summed E-state index contributed by atoms with van der Waals surface area (Å²) in [5.41, 5.74) is 0.796. The van der Waals surface area contributed by atoms with E-state index in [0.29, 0.717) is 37.8 Å². The number of carbonyl (C=O) groups excluding carboxylic acids is 1. The average molecular weight is 370 g/mol. The Hall–Kier alpha value is -1.70. The first-order chi connectivity index (χ1) is 11.6. The van der Waals surface area contributed by atoms with Gasteiger partial charge in [0.25, 0.3) is 0 Å². The summed E-state index contributed by atoms with van der Waals surface area (Å²) in [4.78, 5) is 20.1. The number of benzene rings is 1. The van der Waals surface area contributed by atoms with Crippen LogP contribution in [0.5, 0.6) is 0 Å². The zero-order valence-corrected chi connectivity index (χ0v) is 14.5.